The summed E-state index contributed by atoms with van der Waals surface area (Å²) in [7, 11) is 1.76. The molecule has 9 heteroatoms. The lowest BCUT2D eigenvalue weighted by Crippen LogP contribution is -2.45. The van der Waals surface area contributed by atoms with E-state index in [0.29, 0.717) is 17.5 Å². The predicted octanol–water partition coefficient (Wildman–Crippen LogP) is 0.767. The summed E-state index contributed by atoms with van der Waals surface area (Å²) < 4.78 is 7.49. The van der Waals surface area contributed by atoms with Crippen LogP contribution in [0.1, 0.15) is 12.8 Å². The number of aryl methyl sites for hydroxylation is 1. The minimum atomic E-state index is 0.0246. The van der Waals surface area contributed by atoms with Gasteiger partial charge in [0.15, 0.2) is 0 Å². The Bertz CT molecular complexity index is 650. The number of hydrogen-bond acceptors (Lipinski definition) is 7. The fourth-order valence-corrected chi connectivity index (χ4v) is 3.18. The van der Waals surface area contributed by atoms with E-state index in [2.05, 4.69) is 20.5 Å². The number of aromatic nitrogens is 5. The van der Waals surface area contributed by atoms with Crippen molar-refractivity contribution in [1.82, 2.24) is 30.1 Å². The standard InChI is InChI=1S/C14H18N6O2S/c1-19-14(16-17-18-19)23-10-13(21)20-8-2-3-12(9-20)22-11-4-6-15-7-5-11/h4-7,12H,2-3,8-10H2,1H3. The van der Waals surface area contributed by atoms with Gasteiger partial charge in [-0.1, -0.05) is 11.8 Å². The van der Waals surface area contributed by atoms with Gasteiger partial charge < -0.3 is 9.64 Å². The van der Waals surface area contributed by atoms with Crippen molar-refractivity contribution in [3.8, 4) is 5.75 Å². The van der Waals surface area contributed by atoms with Gasteiger partial charge in [-0.05, 0) is 35.4 Å². The zero-order valence-corrected chi connectivity index (χ0v) is 13.6. The van der Waals surface area contributed by atoms with Crippen LogP contribution in [0.25, 0.3) is 0 Å². The number of piperidine rings is 1. The van der Waals surface area contributed by atoms with Crippen molar-refractivity contribution in [3.05, 3.63) is 24.5 Å². The van der Waals surface area contributed by atoms with Crippen LogP contribution in [0.4, 0.5) is 0 Å². The number of pyridine rings is 1. The molecular weight excluding hydrogens is 316 g/mol. The number of nitrogens with zero attached hydrogens (tertiary/aromatic N) is 6. The van der Waals surface area contributed by atoms with Crippen LogP contribution >= 0.6 is 11.8 Å². The quantitative estimate of drug-likeness (QED) is 0.746. The molecule has 0 spiro atoms. The molecule has 0 radical (unpaired) electrons. The van der Waals surface area contributed by atoms with Crippen molar-refractivity contribution in [3.63, 3.8) is 0 Å². The Morgan fingerprint density at radius 3 is 3.00 bits per heavy atom. The maximum absolute atomic E-state index is 12.4. The first kappa shape index (κ1) is 15.7. The number of likely N-dealkylation sites (tertiary alicyclic amines) is 1. The fourth-order valence-electron chi connectivity index (χ4n) is 2.43. The maximum Gasteiger partial charge on any atom is 0.233 e. The van der Waals surface area contributed by atoms with Gasteiger partial charge >= 0.3 is 0 Å². The highest BCUT2D eigenvalue weighted by Crippen LogP contribution is 2.19. The number of tetrazole rings is 1. The normalized spacial score (nSPS) is 18.0. The second kappa shape index (κ2) is 7.40. The lowest BCUT2D eigenvalue weighted by molar-refractivity contribution is -0.130. The van der Waals surface area contributed by atoms with E-state index in [4.69, 9.17) is 4.74 Å². The van der Waals surface area contributed by atoms with Gasteiger partial charge in [0.2, 0.25) is 11.1 Å². The molecule has 3 rings (SSSR count). The Hall–Kier alpha value is -2.16. The summed E-state index contributed by atoms with van der Waals surface area (Å²) in [5.74, 6) is 1.20. The van der Waals surface area contributed by atoms with Crippen LogP contribution in [0.2, 0.25) is 0 Å². The first-order valence-electron chi connectivity index (χ1n) is 7.42. The first-order valence-corrected chi connectivity index (χ1v) is 8.40. The highest BCUT2D eigenvalue weighted by atomic mass is 32.2. The van der Waals surface area contributed by atoms with E-state index in [1.165, 1.54) is 11.8 Å². The molecule has 122 valence electrons. The molecule has 0 saturated carbocycles. The molecule has 1 aliphatic rings. The zero-order valence-electron chi connectivity index (χ0n) is 12.8. The fraction of sp³-hybridized carbons (Fsp3) is 0.500. The van der Waals surface area contributed by atoms with Crippen molar-refractivity contribution < 1.29 is 9.53 Å². The van der Waals surface area contributed by atoms with E-state index in [1.807, 2.05) is 17.0 Å². The van der Waals surface area contributed by atoms with Crippen molar-refractivity contribution in [2.24, 2.45) is 7.05 Å². The molecule has 1 atom stereocenters. The number of hydrogen-bond donors (Lipinski definition) is 0. The van der Waals surface area contributed by atoms with Gasteiger partial charge in [0.05, 0.1) is 12.3 Å². The van der Waals surface area contributed by atoms with E-state index in [0.717, 1.165) is 25.1 Å². The second-order valence-electron chi connectivity index (χ2n) is 5.28. The van der Waals surface area contributed by atoms with Crippen LogP contribution in [0, 0.1) is 0 Å². The number of carbonyl (C=O) groups is 1. The van der Waals surface area contributed by atoms with Crippen LogP contribution in [0.3, 0.4) is 0 Å². The third kappa shape index (κ3) is 4.19. The molecule has 2 aromatic heterocycles. The molecule has 1 fully saturated rings. The first-order chi connectivity index (χ1) is 11.2. The van der Waals surface area contributed by atoms with Gasteiger partial charge in [-0.2, -0.15) is 0 Å². The number of ether oxygens (including phenoxy) is 1. The molecule has 23 heavy (non-hydrogen) atoms. The number of rotatable bonds is 5. The minimum Gasteiger partial charge on any atom is -0.488 e. The largest absolute Gasteiger partial charge is 0.488 e. The second-order valence-corrected chi connectivity index (χ2v) is 6.22. The molecule has 1 amide bonds. The van der Waals surface area contributed by atoms with E-state index < -0.39 is 0 Å². The Morgan fingerprint density at radius 1 is 1.43 bits per heavy atom. The van der Waals surface area contributed by atoms with Crippen molar-refractivity contribution in [2.75, 3.05) is 18.8 Å². The summed E-state index contributed by atoms with van der Waals surface area (Å²) in [5, 5.41) is 11.8. The van der Waals surface area contributed by atoms with Crippen LogP contribution in [0.5, 0.6) is 5.75 Å². The Kier molecular flexibility index (Phi) is 5.06. The molecule has 1 unspecified atom stereocenters. The van der Waals surface area contributed by atoms with E-state index in [9.17, 15) is 4.79 Å². The van der Waals surface area contributed by atoms with Gasteiger partial charge in [0.1, 0.15) is 11.9 Å². The van der Waals surface area contributed by atoms with Gasteiger partial charge in [0.25, 0.3) is 0 Å². The summed E-state index contributed by atoms with van der Waals surface area (Å²) in [6.45, 7) is 1.38. The minimum absolute atomic E-state index is 0.0246. The summed E-state index contributed by atoms with van der Waals surface area (Å²) in [4.78, 5) is 18.2. The average molecular weight is 334 g/mol. The van der Waals surface area contributed by atoms with Crippen molar-refractivity contribution in [1.29, 1.82) is 0 Å². The molecular formula is C14H18N6O2S. The monoisotopic (exact) mass is 334 g/mol. The smallest absolute Gasteiger partial charge is 0.233 e. The van der Waals surface area contributed by atoms with E-state index >= 15 is 0 Å². The molecule has 0 bridgehead atoms. The van der Waals surface area contributed by atoms with Crippen LogP contribution < -0.4 is 4.74 Å². The number of thioether (sulfide) groups is 1. The van der Waals surface area contributed by atoms with E-state index in [1.54, 1.807) is 24.1 Å². The summed E-state index contributed by atoms with van der Waals surface area (Å²) >= 11 is 1.35. The maximum atomic E-state index is 12.4. The van der Waals surface area contributed by atoms with Gasteiger partial charge in [0, 0.05) is 26.0 Å². The molecule has 2 aromatic rings. The van der Waals surface area contributed by atoms with Crippen molar-refractivity contribution >= 4 is 17.7 Å². The lowest BCUT2D eigenvalue weighted by atomic mass is 10.1. The van der Waals surface area contributed by atoms with Crippen LogP contribution in [-0.4, -0.2) is 60.9 Å². The predicted molar refractivity (Wildman–Crippen MR) is 84.0 cm³/mol. The molecule has 8 nitrogen and oxygen atoms in total. The third-order valence-corrected chi connectivity index (χ3v) is 4.58. The topological polar surface area (TPSA) is 86.0 Å². The molecule has 3 heterocycles. The van der Waals surface area contributed by atoms with Gasteiger partial charge in [-0.25, -0.2) is 4.68 Å². The SMILES string of the molecule is Cn1nnnc1SCC(=O)N1CCCC(Oc2ccncc2)C1. The molecule has 0 N–H and O–H groups in total. The Labute approximate surface area is 138 Å². The summed E-state index contributed by atoms with van der Waals surface area (Å²) in [6, 6.07) is 3.66. The molecule has 0 aromatic carbocycles. The molecule has 1 aliphatic heterocycles. The van der Waals surface area contributed by atoms with Crippen LogP contribution in [0.15, 0.2) is 29.7 Å². The highest BCUT2D eigenvalue weighted by molar-refractivity contribution is 7.99. The summed E-state index contributed by atoms with van der Waals surface area (Å²) in [5.41, 5.74) is 0. The highest BCUT2D eigenvalue weighted by Gasteiger charge is 2.25. The molecule has 1 saturated heterocycles. The van der Waals surface area contributed by atoms with E-state index in [-0.39, 0.29) is 12.0 Å². The molecule has 0 aliphatic carbocycles. The zero-order chi connectivity index (χ0) is 16.1. The van der Waals surface area contributed by atoms with Gasteiger partial charge in [-0.3, -0.25) is 9.78 Å². The third-order valence-electron chi connectivity index (χ3n) is 3.59. The van der Waals surface area contributed by atoms with Crippen LogP contribution in [-0.2, 0) is 11.8 Å². The average Bonchev–Trinajstić information content (AvgIpc) is 2.99. The Balaban J connectivity index is 1.51. The number of amides is 1. The Morgan fingerprint density at radius 2 is 2.26 bits per heavy atom. The van der Waals surface area contributed by atoms with Crippen molar-refractivity contribution in [2.45, 2.75) is 24.1 Å². The lowest BCUT2D eigenvalue weighted by Gasteiger charge is -2.32. The number of carbonyl (C=O) groups excluding carboxylic acids is 1. The van der Waals surface area contributed by atoms with Gasteiger partial charge in [-0.15, -0.1) is 5.10 Å². The summed E-state index contributed by atoms with van der Waals surface area (Å²) in [6.07, 6.45) is 5.32.